The van der Waals surface area contributed by atoms with Crippen molar-refractivity contribution in [2.24, 2.45) is 0 Å². The topological polar surface area (TPSA) is 77.9 Å². The highest BCUT2D eigenvalue weighted by Crippen LogP contribution is 2.43. The normalized spacial score (nSPS) is 18.4. The van der Waals surface area contributed by atoms with E-state index >= 15 is 0 Å². The van der Waals surface area contributed by atoms with E-state index in [0.717, 1.165) is 46.7 Å². The Kier molecular flexibility index (Phi) is 5.44. The molecule has 170 valence electrons. The van der Waals surface area contributed by atoms with E-state index in [1.165, 1.54) is 16.7 Å². The molecule has 1 aliphatic carbocycles. The molecule has 0 bridgehead atoms. The largest absolute Gasteiger partial charge is 0.492 e. The number of aryl methyl sites for hydroxylation is 2. The molecule has 6 nitrogen and oxygen atoms in total. The number of aromatic nitrogens is 1. The van der Waals surface area contributed by atoms with E-state index < -0.39 is 5.97 Å². The molecular weight excluding hydrogens is 418 g/mol. The molecule has 2 heterocycles. The summed E-state index contributed by atoms with van der Waals surface area (Å²) in [5.74, 6) is 1.18. The number of methoxy groups -OCH3 is 1. The average Bonchev–Trinajstić information content (AvgIpc) is 3.37. The highest BCUT2D eigenvalue weighted by Gasteiger charge is 2.30. The van der Waals surface area contributed by atoms with Crippen LogP contribution >= 0.6 is 0 Å². The number of fused-ring (bicyclic) bond motifs is 2. The van der Waals surface area contributed by atoms with Gasteiger partial charge in [0.25, 0.3) is 0 Å². The standard InChI is InChI=1S/C27H27NO5/c1-15-11-25(31-3)28-16(2)27(15)22-6-4-5-21-20(22)9-10-23(21)33-18-7-8-19-17(12-26(29)30)14-32-24(19)13-18/h4-8,11,13,17,23H,9-10,12,14H2,1-3H3,(H,29,30)/t17?,23-/m1/s1. The van der Waals surface area contributed by atoms with Crippen molar-refractivity contribution in [1.82, 2.24) is 4.98 Å². The van der Waals surface area contributed by atoms with Crippen LogP contribution < -0.4 is 14.2 Å². The molecule has 6 heteroatoms. The number of carbonyl (C=O) groups is 1. The van der Waals surface area contributed by atoms with Crippen molar-refractivity contribution in [2.75, 3.05) is 13.7 Å². The Labute approximate surface area is 193 Å². The first-order chi connectivity index (χ1) is 15.9. The van der Waals surface area contributed by atoms with Crippen LogP contribution in [0, 0.1) is 13.8 Å². The van der Waals surface area contributed by atoms with Gasteiger partial charge in [-0.15, -0.1) is 0 Å². The van der Waals surface area contributed by atoms with Crippen LogP contribution in [0.5, 0.6) is 17.4 Å². The molecule has 5 rings (SSSR count). The Hall–Kier alpha value is -3.54. The van der Waals surface area contributed by atoms with Gasteiger partial charge in [0.05, 0.1) is 20.1 Å². The molecule has 1 aliphatic heterocycles. The van der Waals surface area contributed by atoms with Crippen LogP contribution in [0.4, 0.5) is 0 Å². The molecule has 33 heavy (non-hydrogen) atoms. The van der Waals surface area contributed by atoms with Gasteiger partial charge in [-0.1, -0.05) is 24.3 Å². The zero-order chi connectivity index (χ0) is 23.1. The molecule has 1 unspecified atom stereocenters. The molecule has 0 saturated heterocycles. The maximum absolute atomic E-state index is 11.1. The summed E-state index contributed by atoms with van der Waals surface area (Å²) in [6.45, 7) is 4.52. The minimum Gasteiger partial charge on any atom is -0.492 e. The first-order valence-electron chi connectivity index (χ1n) is 11.2. The molecule has 0 amide bonds. The number of hydrogen-bond acceptors (Lipinski definition) is 5. The predicted molar refractivity (Wildman–Crippen MR) is 124 cm³/mol. The second-order valence-corrected chi connectivity index (χ2v) is 8.77. The lowest BCUT2D eigenvalue weighted by Gasteiger charge is -2.18. The summed E-state index contributed by atoms with van der Waals surface area (Å²) >= 11 is 0. The predicted octanol–water partition coefficient (Wildman–Crippen LogP) is 5.39. The molecule has 0 saturated carbocycles. The van der Waals surface area contributed by atoms with Crippen LogP contribution in [-0.4, -0.2) is 29.8 Å². The third-order valence-electron chi connectivity index (χ3n) is 6.63. The van der Waals surface area contributed by atoms with Crippen LogP contribution in [0.1, 0.15) is 52.8 Å². The maximum Gasteiger partial charge on any atom is 0.304 e. The quantitative estimate of drug-likeness (QED) is 0.548. The van der Waals surface area contributed by atoms with Gasteiger partial charge >= 0.3 is 5.97 Å². The molecular formula is C27H27NO5. The second-order valence-electron chi connectivity index (χ2n) is 8.77. The number of benzene rings is 2. The highest BCUT2D eigenvalue weighted by atomic mass is 16.5. The van der Waals surface area contributed by atoms with Gasteiger partial charge in [0.2, 0.25) is 5.88 Å². The molecule has 0 radical (unpaired) electrons. The lowest BCUT2D eigenvalue weighted by Crippen LogP contribution is -2.07. The average molecular weight is 446 g/mol. The van der Waals surface area contributed by atoms with E-state index in [9.17, 15) is 4.79 Å². The number of carboxylic acids is 1. The highest BCUT2D eigenvalue weighted by molar-refractivity contribution is 5.75. The Morgan fingerprint density at radius 3 is 2.79 bits per heavy atom. The van der Waals surface area contributed by atoms with Crippen molar-refractivity contribution in [3.63, 3.8) is 0 Å². The molecule has 1 aromatic heterocycles. The summed E-state index contributed by atoms with van der Waals surface area (Å²) in [4.78, 5) is 15.7. The van der Waals surface area contributed by atoms with E-state index in [4.69, 9.17) is 19.3 Å². The number of hydrogen-bond donors (Lipinski definition) is 1. The smallest absolute Gasteiger partial charge is 0.304 e. The van der Waals surface area contributed by atoms with Crippen LogP contribution in [-0.2, 0) is 11.2 Å². The van der Waals surface area contributed by atoms with Crippen LogP contribution in [0.25, 0.3) is 11.1 Å². The van der Waals surface area contributed by atoms with Crippen molar-refractivity contribution in [1.29, 1.82) is 0 Å². The van der Waals surface area contributed by atoms with Gasteiger partial charge in [0, 0.05) is 34.9 Å². The Bertz CT molecular complexity index is 1210. The van der Waals surface area contributed by atoms with Gasteiger partial charge in [-0.25, -0.2) is 4.98 Å². The monoisotopic (exact) mass is 445 g/mol. The van der Waals surface area contributed by atoms with Crippen LogP contribution in [0.15, 0.2) is 42.5 Å². The third-order valence-corrected chi connectivity index (χ3v) is 6.63. The van der Waals surface area contributed by atoms with Crippen molar-refractivity contribution in [2.45, 2.75) is 45.1 Å². The lowest BCUT2D eigenvalue weighted by atomic mass is 9.93. The zero-order valence-electron chi connectivity index (χ0n) is 19.1. The molecule has 2 atom stereocenters. The fraction of sp³-hybridized carbons (Fsp3) is 0.333. The lowest BCUT2D eigenvalue weighted by molar-refractivity contribution is -0.137. The van der Waals surface area contributed by atoms with Crippen LogP contribution in [0.3, 0.4) is 0 Å². The molecule has 0 spiro atoms. The summed E-state index contributed by atoms with van der Waals surface area (Å²) in [6, 6.07) is 14.1. The van der Waals surface area contributed by atoms with Gasteiger partial charge in [-0.2, -0.15) is 0 Å². The summed E-state index contributed by atoms with van der Waals surface area (Å²) < 4.78 is 17.5. The minimum atomic E-state index is -0.812. The SMILES string of the molecule is COc1cc(C)c(-c2cccc3c2CC[C@H]3Oc2ccc3c(c2)OCC3CC(=O)O)c(C)n1. The number of pyridine rings is 1. The summed E-state index contributed by atoms with van der Waals surface area (Å²) in [5.41, 5.74) is 7.91. The maximum atomic E-state index is 11.1. The van der Waals surface area contributed by atoms with Gasteiger partial charge < -0.3 is 19.3 Å². The van der Waals surface area contributed by atoms with Crippen molar-refractivity contribution in [3.05, 3.63) is 70.4 Å². The molecule has 0 fully saturated rings. The molecule has 2 aliphatic rings. The number of aliphatic carboxylic acids is 1. The van der Waals surface area contributed by atoms with E-state index in [-0.39, 0.29) is 18.4 Å². The van der Waals surface area contributed by atoms with Gasteiger partial charge in [-0.05, 0) is 55.0 Å². The number of ether oxygens (including phenoxy) is 3. The Balaban J connectivity index is 1.42. The van der Waals surface area contributed by atoms with E-state index in [1.54, 1.807) is 7.11 Å². The Morgan fingerprint density at radius 2 is 2.03 bits per heavy atom. The van der Waals surface area contributed by atoms with Gasteiger partial charge in [-0.3, -0.25) is 4.79 Å². The number of nitrogens with zero attached hydrogens (tertiary/aromatic N) is 1. The van der Waals surface area contributed by atoms with Gasteiger partial charge in [0.1, 0.15) is 17.6 Å². The number of rotatable bonds is 6. The van der Waals surface area contributed by atoms with Crippen molar-refractivity contribution in [3.8, 4) is 28.5 Å². The van der Waals surface area contributed by atoms with E-state index in [1.807, 2.05) is 31.2 Å². The minimum absolute atomic E-state index is 0.0407. The Morgan fingerprint density at radius 1 is 1.18 bits per heavy atom. The first kappa shape index (κ1) is 21.3. The van der Waals surface area contributed by atoms with Crippen molar-refractivity contribution >= 4 is 5.97 Å². The summed E-state index contributed by atoms with van der Waals surface area (Å²) in [5, 5.41) is 9.11. The fourth-order valence-electron chi connectivity index (χ4n) is 5.16. The van der Waals surface area contributed by atoms with E-state index in [2.05, 4.69) is 30.1 Å². The summed E-state index contributed by atoms with van der Waals surface area (Å²) in [6.07, 6.45) is 1.86. The fourth-order valence-corrected chi connectivity index (χ4v) is 5.16. The van der Waals surface area contributed by atoms with E-state index in [0.29, 0.717) is 12.5 Å². The first-order valence-corrected chi connectivity index (χ1v) is 11.2. The molecule has 2 aromatic carbocycles. The zero-order valence-corrected chi connectivity index (χ0v) is 19.1. The van der Waals surface area contributed by atoms with Crippen molar-refractivity contribution < 1.29 is 24.1 Å². The second kappa shape index (κ2) is 8.43. The number of carboxylic acid groups (broad SMARTS) is 1. The third kappa shape index (κ3) is 3.90. The summed E-state index contributed by atoms with van der Waals surface area (Å²) in [7, 11) is 1.64. The van der Waals surface area contributed by atoms with Gasteiger partial charge in [0.15, 0.2) is 0 Å². The molecule has 1 N–H and O–H groups in total. The molecule has 3 aromatic rings. The van der Waals surface area contributed by atoms with Crippen LogP contribution in [0.2, 0.25) is 0 Å².